The normalized spacial score (nSPS) is 9.57. The van der Waals surface area contributed by atoms with Crippen molar-refractivity contribution in [3.8, 4) is 11.5 Å². The third-order valence-electron chi connectivity index (χ3n) is 1.66. The largest absolute Gasteiger partial charge is 0.493 e. The summed E-state index contributed by atoms with van der Waals surface area (Å²) in [6.07, 6.45) is 2.72. The molecule has 0 bridgehead atoms. The highest BCUT2D eigenvalue weighted by Crippen LogP contribution is 2.27. The maximum atomic E-state index is 10.5. The molecule has 0 aliphatic heterocycles. The zero-order valence-corrected chi connectivity index (χ0v) is 8.97. The van der Waals surface area contributed by atoms with E-state index < -0.39 is 0 Å². The average molecular weight is 212 g/mol. The molecule has 0 saturated heterocycles. The minimum absolute atomic E-state index is 0.540. The lowest BCUT2D eigenvalue weighted by molar-refractivity contribution is 0.112. The van der Waals surface area contributed by atoms with Crippen molar-refractivity contribution in [2.75, 3.05) is 19.3 Å². The molecule has 0 aliphatic rings. The quantitative estimate of drug-likeness (QED) is 0.553. The van der Waals surface area contributed by atoms with Crippen LogP contribution in [0.5, 0.6) is 11.5 Å². The number of carbonyl (C=O) groups excluding carboxylic acids is 1. The van der Waals surface area contributed by atoms with Crippen molar-refractivity contribution in [2.45, 2.75) is 0 Å². The summed E-state index contributed by atoms with van der Waals surface area (Å²) in [5.74, 6) is 1.79. The van der Waals surface area contributed by atoms with Gasteiger partial charge in [0.1, 0.15) is 12.2 Å². The van der Waals surface area contributed by atoms with Gasteiger partial charge in [-0.15, -0.1) is 11.8 Å². The molecule has 0 fully saturated rings. The highest BCUT2D eigenvalue weighted by atomic mass is 32.2. The van der Waals surface area contributed by atoms with Crippen LogP contribution in [0.2, 0.25) is 0 Å². The number of thioether (sulfide) groups is 1. The van der Waals surface area contributed by atoms with Crippen molar-refractivity contribution in [2.24, 2.45) is 0 Å². The van der Waals surface area contributed by atoms with Gasteiger partial charge in [0.25, 0.3) is 0 Å². The first kappa shape index (κ1) is 10.9. The zero-order valence-electron chi connectivity index (χ0n) is 8.15. The van der Waals surface area contributed by atoms with Crippen LogP contribution in [-0.4, -0.2) is 25.6 Å². The number of aldehydes is 1. The number of hydrogen-bond donors (Lipinski definition) is 0. The Hall–Kier alpha value is -1.16. The van der Waals surface area contributed by atoms with Gasteiger partial charge in [0, 0.05) is 5.56 Å². The topological polar surface area (TPSA) is 35.5 Å². The van der Waals surface area contributed by atoms with Gasteiger partial charge >= 0.3 is 0 Å². The lowest BCUT2D eigenvalue weighted by Gasteiger charge is -2.09. The van der Waals surface area contributed by atoms with Crippen molar-refractivity contribution in [3.63, 3.8) is 0 Å². The Balaban J connectivity index is 2.89. The van der Waals surface area contributed by atoms with E-state index in [4.69, 9.17) is 9.47 Å². The maximum Gasteiger partial charge on any atom is 0.163 e. The smallest absolute Gasteiger partial charge is 0.163 e. The highest BCUT2D eigenvalue weighted by Gasteiger charge is 2.04. The molecular weight excluding hydrogens is 200 g/mol. The predicted molar refractivity (Wildman–Crippen MR) is 57.4 cm³/mol. The van der Waals surface area contributed by atoms with E-state index in [0.717, 1.165) is 6.29 Å². The fourth-order valence-corrected chi connectivity index (χ4v) is 1.25. The van der Waals surface area contributed by atoms with Crippen LogP contribution in [0.3, 0.4) is 0 Å². The molecule has 14 heavy (non-hydrogen) atoms. The summed E-state index contributed by atoms with van der Waals surface area (Å²) in [5, 5.41) is 0. The van der Waals surface area contributed by atoms with Crippen LogP contribution in [0.1, 0.15) is 10.4 Å². The first-order valence-electron chi connectivity index (χ1n) is 4.06. The lowest BCUT2D eigenvalue weighted by atomic mass is 10.2. The lowest BCUT2D eigenvalue weighted by Crippen LogP contribution is -1.96. The van der Waals surface area contributed by atoms with E-state index in [1.165, 1.54) is 0 Å². The van der Waals surface area contributed by atoms with E-state index in [9.17, 15) is 4.79 Å². The number of ether oxygens (including phenoxy) is 2. The maximum absolute atomic E-state index is 10.5. The van der Waals surface area contributed by atoms with Crippen LogP contribution < -0.4 is 9.47 Å². The van der Waals surface area contributed by atoms with E-state index in [-0.39, 0.29) is 0 Å². The summed E-state index contributed by atoms with van der Waals surface area (Å²) < 4.78 is 10.5. The van der Waals surface area contributed by atoms with Crippen LogP contribution >= 0.6 is 11.8 Å². The Morgan fingerprint density at radius 3 is 2.79 bits per heavy atom. The number of rotatable bonds is 5. The molecule has 4 heteroatoms. The van der Waals surface area contributed by atoms with Crippen molar-refractivity contribution >= 4 is 18.0 Å². The van der Waals surface area contributed by atoms with Crippen molar-refractivity contribution < 1.29 is 14.3 Å². The molecule has 0 atom stereocenters. The van der Waals surface area contributed by atoms with Gasteiger partial charge in [0.15, 0.2) is 11.5 Å². The number of hydrogen-bond acceptors (Lipinski definition) is 4. The van der Waals surface area contributed by atoms with E-state index in [0.29, 0.717) is 23.0 Å². The predicted octanol–water partition coefficient (Wildman–Crippen LogP) is 2.21. The Kier molecular flexibility index (Phi) is 4.32. The molecule has 3 nitrogen and oxygen atoms in total. The third-order valence-corrected chi connectivity index (χ3v) is 2.01. The Bertz CT molecular complexity index is 312. The molecule has 0 unspecified atom stereocenters. The fraction of sp³-hybridized carbons (Fsp3) is 0.300. The van der Waals surface area contributed by atoms with Crippen LogP contribution in [0.15, 0.2) is 18.2 Å². The first-order valence-corrected chi connectivity index (χ1v) is 5.46. The molecule has 1 aromatic carbocycles. The van der Waals surface area contributed by atoms with E-state index in [2.05, 4.69) is 0 Å². The number of benzene rings is 1. The molecule has 0 spiro atoms. The summed E-state index contributed by atoms with van der Waals surface area (Å²) in [7, 11) is 1.57. The molecule has 0 radical (unpaired) electrons. The van der Waals surface area contributed by atoms with Crippen LogP contribution in [0, 0.1) is 0 Å². The molecule has 0 aliphatic carbocycles. The fourth-order valence-electron chi connectivity index (χ4n) is 1.00. The SMILES string of the molecule is COc1ccc(C=O)cc1OCSC. The Labute approximate surface area is 87.4 Å². The highest BCUT2D eigenvalue weighted by molar-refractivity contribution is 7.98. The molecule has 0 heterocycles. The molecule has 1 aromatic rings. The zero-order chi connectivity index (χ0) is 10.4. The molecule has 0 amide bonds. The Morgan fingerprint density at radius 2 is 2.21 bits per heavy atom. The van der Waals surface area contributed by atoms with Gasteiger partial charge in [-0.3, -0.25) is 4.79 Å². The molecule has 0 N–H and O–H groups in total. The van der Waals surface area contributed by atoms with Crippen molar-refractivity contribution in [1.29, 1.82) is 0 Å². The van der Waals surface area contributed by atoms with E-state index >= 15 is 0 Å². The van der Waals surface area contributed by atoms with E-state index in [1.54, 1.807) is 37.1 Å². The van der Waals surface area contributed by atoms with Gasteiger partial charge < -0.3 is 9.47 Å². The number of carbonyl (C=O) groups is 1. The summed E-state index contributed by atoms with van der Waals surface area (Å²) in [4.78, 5) is 10.5. The summed E-state index contributed by atoms with van der Waals surface area (Å²) in [6, 6.07) is 5.08. The molecule has 1 rings (SSSR count). The second-order valence-corrected chi connectivity index (χ2v) is 3.39. The molecule has 0 saturated carbocycles. The minimum atomic E-state index is 0.540. The molecule has 0 aromatic heterocycles. The van der Waals surface area contributed by atoms with Gasteiger partial charge in [-0.1, -0.05) is 0 Å². The second-order valence-electron chi connectivity index (χ2n) is 2.58. The van der Waals surface area contributed by atoms with Crippen LogP contribution in [0.25, 0.3) is 0 Å². The first-order chi connectivity index (χ1) is 6.81. The monoisotopic (exact) mass is 212 g/mol. The van der Waals surface area contributed by atoms with Gasteiger partial charge in [-0.25, -0.2) is 0 Å². The standard InChI is InChI=1S/C10H12O3S/c1-12-9-4-3-8(6-11)5-10(9)13-7-14-2/h3-6H,7H2,1-2H3. The van der Waals surface area contributed by atoms with Crippen LogP contribution in [0.4, 0.5) is 0 Å². The second kappa shape index (κ2) is 5.54. The van der Waals surface area contributed by atoms with Crippen LogP contribution in [-0.2, 0) is 0 Å². The van der Waals surface area contributed by atoms with Crippen molar-refractivity contribution in [1.82, 2.24) is 0 Å². The van der Waals surface area contributed by atoms with Gasteiger partial charge in [0.2, 0.25) is 0 Å². The molecular formula is C10H12O3S. The summed E-state index contributed by atoms with van der Waals surface area (Å²) in [5.41, 5.74) is 0.585. The summed E-state index contributed by atoms with van der Waals surface area (Å²) >= 11 is 1.56. The van der Waals surface area contributed by atoms with Crippen molar-refractivity contribution in [3.05, 3.63) is 23.8 Å². The molecule has 76 valence electrons. The number of methoxy groups -OCH3 is 1. The van der Waals surface area contributed by atoms with Gasteiger partial charge in [-0.05, 0) is 24.5 Å². The van der Waals surface area contributed by atoms with Gasteiger partial charge in [-0.2, -0.15) is 0 Å². The minimum Gasteiger partial charge on any atom is -0.493 e. The average Bonchev–Trinajstić information content (AvgIpc) is 2.25. The van der Waals surface area contributed by atoms with E-state index in [1.807, 2.05) is 6.26 Å². The third kappa shape index (κ3) is 2.67. The van der Waals surface area contributed by atoms with Gasteiger partial charge in [0.05, 0.1) is 7.11 Å². The Morgan fingerprint density at radius 1 is 1.43 bits per heavy atom. The summed E-state index contributed by atoms with van der Waals surface area (Å²) in [6.45, 7) is 0.